The third-order valence-corrected chi connectivity index (χ3v) is 3.53. The molecule has 5 heteroatoms. The molecule has 3 aromatic rings. The summed E-state index contributed by atoms with van der Waals surface area (Å²) in [4.78, 5) is 16.3. The summed E-state index contributed by atoms with van der Waals surface area (Å²) in [7, 11) is 0. The number of carbonyl (C=O) groups excluding carboxylic acids is 1. The van der Waals surface area contributed by atoms with E-state index in [2.05, 4.69) is 20.5 Å². The fourth-order valence-electron chi connectivity index (χ4n) is 2.23. The van der Waals surface area contributed by atoms with Crippen LogP contribution in [0.3, 0.4) is 0 Å². The van der Waals surface area contributed by atoms with Gasteiger partial charge in [0.15, 0.2) is 0 Å². The molecule has 2 N–H and O–H groups in total. The monoisotopic (exact) mass is 292 g/mol. The second-order valence-corrected chi connectivity index (χ2v) is 5.05. The highest BCUT2D eigenvalue weighted by Crippen LogP contribution is 2.18. The van der Waals surface area contributed by atoms with Gasteiger partial charge in [-0.05, 0) is 41.8 Å². The van der Waals surface area contributed by atoms with Gasteiger partial charge in [0.1, 0.15) is 0 Å². The van der Waals surface area contributed by atoms with E-state index in [0.29, 0.717) is 12.1 Å². The molecule has 1 aromatic carbocycles. The highest BCUT2D eigenvalue weighted by Gasteiger charge is 2.08. The lowest BCUT2D eigenvalue weighted by Gasteiger charge is -2.08. The van der Waals surface area contributed by atoms with Crippen molar-refractivity contribution in [3.05, 3.63) is 71.8 Å². The minimum atomic E-state index is -0.0958. The lowest BCUT2D eigenvalue weighted by Crippen LogP contribution is -2.23. The van der Waals surface area contributed by atoms with Crippen molar-refractivity contribution in [2.45, 2.75) is 13.5 Å². The Morgan fingerprint density at radius 3 is 2.91 bits per heavy atom. The molecule has 0 aliphatic heterocycles. The molecule has 0 atom stereocenters. The smallest absolute Gasteiger partial charge is 0.251 e. The number of hydrogen-bond acceptors (Lipinski definition) is 3. The standard InChI is InChI=1S/C17H16N4O/c1-12-8-18-6-5-15(12)9-19-17(22)14-4-2-3-13(7-14)16-10-20-21-11-16/h2-8,10-11H,9H2,1H3,(H,19,22)(H,20,21). The van der Waals surface area contributed by atoms with Gasteiger partial charge >= 0.3 is 0 Å². The first-order valence-corrected chi connectivity index (χ1v) is 7.01. The molecular formula is C17H16N4O. The SMILES string of the molecule is Cc1cnccc1CNC(=O)c1cccc(-c2cn[nH]c2)c1. The van der Waals surface area contributed by atoms with E-state index in [-0.39, 0.29) is 5.91 Å². The maximum atomic E-state index is 12.3. The van der Waals surface area contributed by atoms with Gasteiger partial charge in [-0.15, -0.1) is 0 Å². The number of carbonyl (C=O) groups is 1. The van der Waals surface area contributed by atoms with Crippen LogP contribution in [0, 0.1) is 6.92 Å². The average Bonchev–Trinajstić information content (AvgIpc) is 3.08. The number of aromatic amines is 1. The fourth-order valence-corrected chi connectivity index (χ4v) is 2.23. The maximum Gasteiger partial charge on any atom is 0.251 e. The topological polar surface area (TPSA) is 70.7 Å². The molecule has 0 saturated carbocycles. The quantitative estimate of drug-likeness (QED) is 0.776. The Kier molecular flexibility index (Phi) is 3.96. The summed E-state index contributed by atoms with van der Waals surface area (Å²) in [5, 5.41) is 9.64. The Hall–Kier alpha value is -2.95. The van der Waals surface area contributed by atoms with E-state index in [4.69, 9.17) is 0 Å². The van der Waals surface area contributed by atoms with E-state index in [1.54, 1.807) is 30.9 Å². The molecular weight excluding hydrogens is 276 g/mol. The van der Waals surface area contributed by atoms with Crippen LogP contribution >= 0.6 is 0 Å². The highest BCUT2D eigenvalue weighted by molar-refractivity contribution is 5.95. The van der Waals surface area contributed by atoms with Crippen molar-refractivity contribution in [2.75, 3.05) is 0 Å². The summed E-state index contributed by atoms with van der Waals surface area (Å²) in [5.41, 5.74) is 4.68. The van der Waals surface area contributed by atoms with Gasteiger partial charge in [-0.3, -0.25) is 14.9 Å². The van der Waals surface area contributed by atoms with Gasteiger partial charge in [-0.2, -0.15) is 5.10 Å². The first-order valence-electron chi connectivity index (χ1n) is 7.01. The lowest BCUT2D eigenvalue weighted by atomic mass is 10.1. The second-order valence-electron chi connectivity index (χ2n) is 5.05. The Morgan fingerprint density at radius 1 is 1.23 bits per heavy atom. The van der Waals surface area contributed by atoms with Crippen LogP contribution in [0.1, 0.15) is 21.5 Å². The number of hydrogen-bond donors (Lipinski definition) is 2. The highest BCUT2D eigenvalue weighted by atomic mass is 16.1. The van der Waals surface area contributed by atoms with Crippen LogP contribution in [-0.4, -0.2) is 21.1 Å². The lowest BCUT2D eigenvalue weighted by molar-refractivity contribution is 0.0951. The van der Waals surface area contributed by atoms with E-state index < -0.39 is 0 Å². The number of benzene rings is 1. The summed E-state index contributed by atoms with van der Waals surface area (Å²) < 4.78 is 0. The number of rotatable bonds is 4. The zero-order chi connectivity index (χ0) is 15.4. The predicted octanol–water partition coefficient (Wildman–Crippen LogP) is 2.71. The van der Waals surface area contributed by atoms with Crippen LogP contribution < -0.4 is 5.32 Å². The molecule has 110 valence electrons. The van der Waals surface area contributed by atoms with Crippen LogP contribution in [0.15, 0.2) is 55.1 Å². The van der Waals surface area contributed by atoms with Crippen LogP contribution in [-0.2, 0) is 6.54 Å². The molecule has 0 bridgehead atoms. The van der Waals surface area contributed by atoms with Gasteiger partial charge in [0.25, 0.3) is 5.91 Å². The molecule has 5 nitrogen and oxygen atoms in total. The molecule has 1 amide bonds. The van der Waals surface area contributed by atoms with Gasteiger partial charge in [-0.25, -0.2) is 0 Å². The first-order chi connectivity index (χ1) is 10.7. The minimum Gasteiger partial charge on any atom is -0.348 e. The van der Waals surface area contributed by atoms with Crippen LogP contribution in [0.5, 0.6) is 0 Å². The molecule has 2 aromatic heterocycles. The van der Waals surface area contributed by atoms with E-state index in [9.17, 15) is 4.79 Å². The number of H-pyrrole nitrogens is 1. The zero-order valence-corrected chi connectivity index (χ0v) is 12.2. The van der Waals surface area contributed by atoms with Gasteiger partial charge in [0.2, 0.25) is 0 Å². The summed E-state index contributed by atoms with van der Waals surface area (Å²) >= 11 is 0. The molecule has 2 heterocycles. The largest absolute Gasteiger partial charge is 0.348 e. The Morgan fingerprint density at radius 2 is 2.14 bits per heavy atom. The average molecular weight is 292 g/mol. The fraction of sp³-hybridized carbons (Fsp3) is 0.118. The number of nitrogens with one attached hydrogen (secondary N) is 2. The third-order valence-electron chi connectivity index (χ3n) is 3.53. The molecule has 0 radical (unpaired) electrons. The van der Waals surface area contributed by atoms with Crippen molar-refractivity contribution >= 4 is 5.91 Å². The number of pyridine rings is 1. The predicted molar refractivity (Wildman–Crippen MR) is 84.2 cm³/mol. The van der Waals surface area contributed by atoms with Gasteiger partial charge in [0.05, 0.1) is 6.20 Å². The number of aromatic nitrogens is 3. The Labute approximate surface area is 128 Å². The molecule has 3 rings (SSSR count). The van der Waals surface area contributed by atoms with Crippen LogP contribution in [0.4, 0.5) is 0 Å². The van der Waals surface area contributed by atoms with Crippen molar-refractivity contribution in [1.82, 2.24) is 20.5 Å². The summed E-state index contributed by atoms with van der Waals surface area (Å²) in [6.45, 7) is 2.47. The van der Waals surface area contributed by atoms with E-state index >= 15 is 0 Å². The molecule has 0 aliphatic rings. The van der Waals surface area contributed by atoms with Crippen molar-refractivity contribution in [1.29, 1.82) is 0 Å². The Balaban J connectivity index is 1.73. The van der Waals surface area contributed by atoms with Crippen molar-refractivity contribution in [3.63, 3.8) is 0 Å². The van der Waals surface area contributed by atoms with Crippen molar-refractivity contribution < 1.29 is 4.79 Å². The normalized spacial score (nSPS) is 10.4. The van der Waals surface area contributed by atoms with E-state index in [0.717, 1.165) is 22.3 Å². The second kappa shape index (κ2) is 6.22. The first kappa shape index (κ1) is 14.0. The molecule has 0 unspecified atom stereocenters. The van der Waals surface area contributed by atoms with E-state index in [1.165, 1.54) is 0 Å². The number of aryl methyl sites for hydroxylation is 1. The molecule has 22 heavy (non-hydrogen) atoms. The van der Waals surface area contributed by atoms with Crippen LogP contribution in [0.2, 0.25) is 0 Å². The Bertz CT molecular complexity index is 781. The number of nitrogens with zero attached hydrogens (tertiary/aromatic N) is 2. The number of amides is 1. The summed E-state index contributed by atoms with van der Waals surface area (Å²) in [6, 6.07) is 9.40. The van der Waals surface area contributed by atoms with Gasteiger partial charge in [0, 0.05) is 36.3 Å². The summed E-state index contributed by atoms with van der Waals surface area (Å²) in [5.74, 6) is -0.0958. The minimum absolute atomic E-state index is 0.0958. The van der Waals surface area contributed by atoms with Crippen molar-refractivity contribution in [3.8, 4) is 11.1 Å². The van der Waals surface area contributed by atoms with E-state index in [1.807, 2.05) is 31.2 Å². The molecule has 0 aliphatic carbocycles. The molecule has 0 fully saturated rings. The van der Waals surface area contributed by atoms with Crippen molar-refractivity contribution in [2.24, 2.45) is 0 Å². The van der Waals surface area contributed by atoms with Crippen LogP contribution in [0.25, 0.3) is 11.1 Å². The van der Waals surface area contributed by atoms with Gasteiger partial charge < -0.3 is 5.32 Å². The summed E-state index contributed by atoms with van der Waals surface area (Å²) in [6.07, 6.45) is 7.06. The maximum absolute atomic E-state index is 12.3. The molecule has 0 spiro atoms. The van der Waals surface area contributed by atoms with Gasteiger partial charge in [-0.1, -0.05) is 12.1 Å². The third kappa shape index (κ3) is 3.03. The zero-order valence-electron chi connectivity index (χ0n) is 12.2. The molecule has 0 saturated heterocycles.